The van der Waals surface area contributed by atoms with Gasteiger partial charge in [-0.05, 0) is 68.5 Å². The third-order valence-electron chi connectivity index (χ3n) is 6.57. The van der Waals surface area contributed by atoms with E-state index >= 15 is 0 Å². The van der Waals surface area contributed by atoms with Crippen LogP contribution in [0.4, 0.5) is 0 Å². The van der Waals surface area contributed by atoms with Crippen LogP contribution in [0.2, 0.25) is 0 Å². The van der Waals surface area contributed by atoms with E-state index < -0.39 is 7.26 Å². The van der Waals surface area contributed by atoms with Crippen molar-refractivity contribution in [1.82, 2.24) is 0 Å². The van der Waals surface area contributed by atoms with E-state index in [2.05, 4.69) is 91.0 Å². The number of hydrogen-bond donors (Lipinski definition) is 0. The lowest BCUT2D eigenvalue weighted by atomic mass is 9.99. The quantitative estimate of drug-likeness (QED) is 0.330. The van der Waals surface area contributed by atoms with E-state index in [1.807, 2.05) is 0 Å². The zero-order chi connectivity index (χ0) is 20.7. The van der Waals surface area contributed by atoms with Gasteiger partial charge >= 0.3 is 0 Å². The number of carbonyl (C=O) groups excluding carboxylic acids is 1. The smallest absolute Gasteiger partial charge is 0.135 e. The van der Waals surface area contributed by atoms with E-state index in [0.717, 1.165) is 25.7 Å². The van der Waals surface area contributed by atoms with Gasteiger partial charge in [-0.1, -0.05) is 61.0 Å². The number of carbonyl (C=O) groups is 1. The van der Waals surface area contributed by atoms with Crippen LogP contribution in [0.25, 0.3) is 0 Å². The first kappa shape index (κ1) is 23.9. The van der Waals surface area contributed by atoms with Crippen LogP contribution in [0.5, 0.6) is 0 Å². The Hall–Kier alpha value is -1.76. The number of unbranched alkanes of at least 4 members (excludes halogenated alkanes) is 2. The van der Waals surface area contributed by atoms with Gasteiger partial charge in [0.1, 0.15) is 29.0 Å². The molecule has 0 N–H and O–H groups in total. The minimum absolute atomic E-state index is 0. The second kappa shape index (κ2) is 11.7. The third kappa shape index (κ3) is 5.54. The molecule has 0 saturated heterocycles. The standard InChI is InChI=1S/C28H32OP.BrH/c29-28-22-13-15-24(28)14-5-4-12-23-30(25-16-6-1-7-17-25,26-18-8-2-9-19-26)27-20-10-3-11-21-27;/h1-3,6-11,16-21,24H,4-5,12-15,22-23H2;1H/q+1;/p-1. The van der Waals surface area contributed by atoms with E-state index in [9.17, 15) is 4.79 Å². The maximum Gasteiger partial charge on any atom is 0.135 e. The molecule has 1 saturated carbocycles. The van der Waals surface area contributed by atoms with Gasteiger partial charge in [-0.2, -0.15) is 0 Å². The first-order chi connectivity index (χ1) is 14.8. The van der Waals surface area contributed by atoms with Gasteiger partial charge in [-0.25, -0.2) is 0 Å². The summed E-state index contributed by atoms with van der Waals surface area (Å²) in [6.45, 7) is 0. The lowest BCUT2D eigenvalue weighted by molar-refractivity contribution is -0.120. The SMILES string of the molecule is O=C1CCCC1CCCCC[P+](c1ccccc1)(c1ccccc1)c1ccccc1.[Br-]. The molecule has 162 valence electrons. The minimum Gasteiger partial charge on any atom is -1.00 e. The number of rotatable bonds is 9. The van der Waals surface area contributed by atoms with Crippen LogP contribution in [-0.4, -0.2) is 11.9 Å². The van der Waals surface area contributed by atoms with Crippen LogP contribution < -0.4 is 32.9 Å². The van der Waals surface area contributed by atoms with Crippen LogP contribution in [0.15, 0.2) is 91.0 Å². The third-order valence-corrected chi connectivity index (χ3v) is 11.1. The second-order valence-corrected chi connectivity index (χ2v) is 12.1. The summed E-state index contributed by atoms with van der Waals surface area (Å²) >= 11 is 0. The number of Topliss-reactive ketones (excluding diaryl/α,β-unsaturated/α-hetero) is 1. The molecule has 0 aliphatic heterocycles. The van der Waals surface area contributed by atoms with Crippen molar-refractivity contribution in [1.29, 1.82) is 0 Å². The molecule has 0 heterocycles. The number of halogens is 1. The van der Waals surface area contributed by atoms with Crippen molar-refractivity contribution in [3.05, 3.63) is 91.0 Å². The summed E-state index contributed by atoms with van der Waals surface area (Å²) in [5.41, 5.74) is 0. The Morgan fingerprint density at radius 1 is 0.677 bits per heavy atom. The second-order valence-electron chi connectivity index (χ2n) is 8.44. The molecule has 0 amide bonds. The van der Waals surface area contributed by atoms with E-state index in [1.165, 1.54) is 41.3 Å². The fourth-order valence-corrected chi connectivity index (χ4v) is 9.40. The summed E-state index contributed by atoms with van der Waals surface area (Å²) < 4.78 is 0. The topological polar surface area (TPSA) is 17.1 Å². The van der Waals surface area contributed by atoms with Gasteiger partial charge < -0.3 is 17.0 Å². The zero-order valence-corrected chi connectivity index (χ0v) is 20.6. The molecule has 3 aromatic rings. The monoisotopic (exact) mass is 494 g/mol. The molecule has 3 heteroatoms. The molecule has 0 bridgehead atoms. The van der Waals surface area contributed by atoms with Gasteiger partial charge in [0.15, 0.2) is 0 Å². The molecule has 1 atom stereocenters. The Kier molecular flexibility index (Phi) is 9.05. The van der Waals surface area contributed by atoms with Crippen molar-refractivity contribution in [2.24, 2.45) is 5.92 Å². The van der Waals surface area contributed by atoms with Gasteiger partial charge in [-0.15, -0.1) is 0 Å². The van der Waals surface area contributed by atoms with E-state index in [-0.39, 0.29) is 17.0 Å². The molecule has 3 aromatic carbocycles. The number of ketones is 1. The van der Waals surface area contributed by atoms with Crippen LogP contribution >= 0.6 is 7.26 Å². The largest absolute Gasteiger partial charge is 1.00 e. The van der Waals surface area contributed by atoms with Crippen molar-refractivity contribution in [2.45, 2.75) is 44.9 Å². The molecule has 0 spiro atoms. The summed E-state index contributed by atoms with van der Waals surface area (Å²) in [4.78, 5) is 12.0. The van der Waals surface area contributed by atoms with Crippen molar-refractivity contribution >= 4 is 29.0 Å². The van der Waals surface area contributed by atoms with Gasteiger partial charge in [0.25, 0.3) is 0 Å². The number of benzene rings is 3. The van der Waals surface area contributed by atoms with Crippen molar-refractivity contribution in [3.63, 3.8) is 0 Å². The average molecular weight is 495 g/mol. The Labute approximate surface area is 198 Å². The van der Waals surface area contributed by atoms with Crippen molar-refractivity contribution in [2.75, 3.05) is 6.16 Å². The summed E-state index contributed by atoms with van der Waals surface area (Å²) in [6.07, 6.45) is 8.90. The molecule has 1 nitrogen and oxygen atoms in total. The van der Waals surface area contributed by atoms with Crippen molar-refractivity contribution < 1.29 is 21.8 Å². The molecular formula is C28H32BrOP. The highest BCUT2D eigenvalue weighted by molar-refractivity contribution is 7.95. The van der Waals surface area contributed by atoms with Gasteiger partial charge in [0.05, 0.1) is 6.16 Å². The molecule has 1 fully saturated rings. The average Bonchev–Trinajstić information content (AvgIpc) is 3.23. The minimum atomic E-state index is -1.70. The highest BCUT2D eigenvalue weighted by Crippen LogP contribution is 2.56. The maximum atomic E-state index is 12.0. The lowest BCUT2D eigenvalue weighted by Gasteiger charge is -2.27. The molecule has 31 heavy (non-hydrogen) atoms. The van der Waals surface area contributed by atoms with Crippen LogP contribution in [0, 0.1) is 5.92 Å². The fourth-order valence-electron chi connectivity index (χ4n) is 4.99. The highest BCUT2D eigenvalue weighted by atomic mass is 79.9. The van der Waals surface area contributed by atoms with Crippen LogP contribution in [-0.2, 0) is 4.79 Å². The fraction of sp³-hybridized carbons (Fsp3) is 0.321. The lowest BCUT2D eigenvalue weighted by Crippen LogP contribution is -3.00. The molecule has 1 unspecified atom stereocenters. The molecule has 4 rings (SSSR count). The first-order valence-corrected chi connectivity index (χ1v) is 13.4. The predicted molar refractivity (Wildman–Crippen MR) is 131 cm³/mol. The van der Waals surface area contributed by atoms with Gasteiger partial charge in [0, 0.05) is 12.3 Å². The van der Waals surface area contributed by atoms with Gasteiger partial charge in [-0.3, -0.25) is 4.79 Å². The molecule has 1 aliphatic carbocycles. The van der Waals surface area contributed by atoms with Gasteiger partial charge in [0.2, 0.25) is 0 Å². The summed E-state index contributed by atoms with van der Waals surface area (Å²) in [5, 5.41) is 4.40. The maximum absolute atomic E-state index is 12.0. The van der Waals surface area contributed by atoms with E-state index in [1.54, 1.807) is 0 Å². The molecule has 0 radical (unpaired) electrons. The zero-order valence-electron chi connectivity index (χ0n) is 18.1. The summed E-state index contributed by atoms with van der Waals surface area (Å²) in [5.74, 6) is 0.858. The Morgan fingerprint density at radius 2 is 1.16 bits per heavy atom. The molecule has 0 aromatic heterocycles. The predicted octanol–water partition coefficient (Wildman–Crippen LogP) is 2.91. The van der Waals surface area contributed by atoms with E-state index in [4.69, 9.17) is 0 Å². The molecular weight excluding hydrogens is 463 g/mol. The first-order valence-electron chi connectivity index (χ1n) is 11.4. The Morgan fingerprint density at radius 3 is 1.58 bits per heavy atom. The summed E-state index contributed by atoms with van der Waals surface area (Å²) in [6, 6.07) is 33.4. The number of hydrogen-bond acceptors (Lipinski definition) is 1. The normalized spacial score (nSPS) is 16.1. The van der Waals surface area contributed by atoms with Crippen LogP contribution in [0.3, 0.4) is 0 Å². The Balaban J connectivity index is 0.00000272. The Bertz CT molecular complexity index is 830. The molecule has 1 aliphatic rings. The highest BCUT2D eigenvalue weighted by Gasteiger charge is 2.44. The summed E-state index contributed by atoms with van der Waals surface area (Å²) in [7, 11) is -1.70. The van der Waals surface area contributed by atoms with E-state index in [0.29, 0.717) is 11.7 Å². The van der Waals surface area contributed by atoms with Crippen LogP contribution in [0.1, 0.15) is 44.9 Å². The van der Waals surface area contributed by atoms with Crippen molar-refractivity contribution in [3.8, 4) is 0 Å².